The molecule has 0 fully saturated rings. The normalized spacial score (nSPS) is 9.73. The first-order chi connectivity index (χ1) is 5.15. The fourth-order valence-electron chi connectivity index (χ4n) is 0.930. The van der Waals surface area contributed by atoms with Gasteiger partial charge in [-0.2, -0.15) is 0 Å². The molecule has 0 amide bonds. The highest BCUT2D eigenvalue weighted by molar-refractivity contribution is 9.10. The van der Waals surface area contributed by atoms with Crippen molar-refractivity contribution in [2.45, 2.75) is 13.8 Å². The van der Waals surface area contributed by atoms with Crippen LogP contribution in [0.2, 0.25) is 0 Å². The Morgan fingerprint density at radius 2 is 1.91 bits per heavy atom. The van der Waals surface area contributed by atoms with Crippen molar-refractivity contribution in [2.75, 3.05) is 0 Å². The van der Waals surface area contributed by atoms with E-state index in [0.29, 0.717) is 0 Å². The van der Waals surface area contributed by atoms with E-state index in [-0.39, 0.29) is 0 Å². The van der Waals surface area contributed by atoms with Gasteiger partial charge in [-0.05, 0) is 37.1 Å². The molecule has 11 heavy (non-hydrogen) atoms. The minimum absolute atomic E-state index is 0.769. The molecular formula is C9H9BrO. The summed E-state index contributed by atoms with van der Waals surface area (Å²) in [5, 5.41) is 0. The largest absolute Gasteiger partial charge is 0.298 e. The zero-order chi connectivity index (χ0) is 8.43. The molecule has 0 N–H and O–H groups in total. The van der Waals surface area contributed by atoms with Crippen LogP contribution in [-0.4, -0.2) is 6.29 Å². The third-order valence-corrected chi connectivity index (χ3v) is 2.53. The first kappa shape index (κ1) is 8.47. The van der Waals surface area contributed by atoms with E-state index in [2.05, 4.69) is 15.9 Å². The molecule has 2 heteroatoms. The minimum Gasteiger partial charge on any atom is -0.298 e. The molecule has 0 aliphatic heterocycles. The van der Waals surface area contributed by atoms with E-state index in [0.717, 1.165) is 27.4 Å². The van der Waals surface area contributed by atoms with Crippen LogP contribution >= 0.6 is 15.9 Å². The van der Waals surface area contributed by atoms with Crippen molar-refractivity contribution in [3.05, 3.63) is 33.3 Å². The number of hydrogen-bond donors (Lipinski definition) is 0. The summed E-state index contributed by atoms with van der Waals surface area (Å²) in [5.74, 6) is 0. The van der Waals surface area contributed by atoms with Crippen LogP contribution in [0.1, 0.15) is 21.5 Å². The molecule has 0 saturated heterocycles. The van der Waals surface area contributed by atoms with Crippen LogP contribution in [0.25, 0.3) is 0 Å². The molecule has 58 valence electrons. The Morgan fingerprint density at radius 1 is 1.27 bits per heavy atom. The molecule has 0 aromatic heterocycles. The van der Waals surface area contributed by atoms with Crippen LogP contribution in [0, 0.1) is 13.8 Å². The maximum atomic E-state index is 10.5. The van der Waals surface area contributed by atoms with Crippen LogP contribution < -0.4 is 0 Å². The van der Waals surface area contributed by atoms with Gasteiger partial charge in [0.25, 0.3) is 0 Å². The number of aryl methyl sites for hydroxylation is 2. The van der Waals surface area contributed by atoms with Crippen molar-refractivity contribution in [1.29, 1.82) is 0 Å². The Hall–Kier alpha value is -0.630. The lowest BCUT2D eigenvalue weighted by molar-refractivity contribution is 0.112. The van der Waals surface area contributed by atoms with Crippen molar-refractivity contribution >= 4 is 22.2 Å². The maximum Gasteiger partial charge on any atom is 0.150 e. The Labute approximate surface area is 74.6 Å². The SMILES string of the molecule is Cc1cc(C=O)c(C)cc1Br. The molecule has 0 unspecified atom stereocenters. The van der Waals surface area contributed by atoms with Crippen molar-refractivity contribution in [1.82, 2.24) is 0 Å². The maximum absolute atomic E-state index is 10.5. The fourth-order valence-corrected chi connectivity index (χ4v) is 1.39. The highest BCUT2D eigenvalue weighted by atomic mass is 79.9. The summed E-state index contributed by atoms with van der Waals surface area (Å²) in [6, 6.07) is 3.84. The molecule has 1 aromatic carbocycles. The number of carbonyl (C=O) groups is 1. The van der Waals surface area contributed by atoms with Crippen LogP contribution in [0.15, 0.2) is 16.6 Å². The lowest BCUT2D eigenvalue weighted by Crippen LogP contribution is -1.88. The zero-order valence-electron chi connectivity index (χ0n) is 6.52. The van der Waals surface area contributed by atoms with Gasteiger partial charge in [0.1, 0.15) is 6.29 Å². The highest BCUT2D eigenvalue weighted by Gasteiger charge is 2.00. The number of halogens is 1. The number of aldehydes is 1. The Bertz CT molecular complexity index is 292. The summed E-state index contributed by atoms with van der Waals surface area (Å²) in [5.41, 5.74) is 2.88. The molecule has 0 heterocycles. The predicted molar refractivity (Wildman–Crippen MR) is 49.0 cm³/mol. The van der Waals surface area contributed by atoms with E-state index in [1.165, 1.54) is 0 Å². The molecular weight excluding hydrogens is 204 g/mol. The lowest BCUT2D eigenvalue weighted by atomic mass is 10.1. The van der Waals surface area contributed by atoms with Gasteiger partial charge in [0.2, 0.25) is 0 Å². The van der Waals surface area contributed by atoms with Gasteiger partial charge in [0.05, 0.1) is 0 Å². The molecule has 1 aromatic rings. The zero-order valence-corrected chi connectivity index (χ0v) is 8.10. The van der Waals surface area contributed by atoms with Gasteiger partial charge in [0.15, 0.2) is 0 Å². The molecule has 1 rings (SSSR count). The third kappa shape index (κ3) is 1.69. The van der Waals surface area contributed by atoms with E-state index in [4.69, 9.17) is 0 Å². The number of benzene rings is 1. The van der Waals surface area contributed by atoms with E-state index < -0.39 is 0 Å². The predicted octanol–water partition coefficient (Wildman–Crippen LogP) is 2.88. The van der Waals surface area contributed by atoms with Crippen LogP contribution in [0.3, 0.4) is 0 Å². The Kier molecular flexibility index (Phi) is 2.45. The smallest absolute Gasteiger partial charge is 0.150 e. The van der Waals surface area contributed by atoms with E-state index in [1.807, 2.05) is 26.0 Å². The topological polar surface area (TPSA) is 17.1 Å². The van der Waals surface area contributed by atoms with Gasteiger partial charge in [-0.3, -0.25) is 4.79 Å². The summed E-state index contributed by atoms with van der Waals surface area (Å²) < 4.78 is 1.06. The van der Waals surface area contributed by atoms with E-state index >= 15 is 0 Å². The van der Waals surface area contributed by atoms with Gasteiger partial charge in [-0.15, -0.1) is 0 Å². The lowest BCUT2D eigenvalue weighted by Gasteiger charge is -2.01. The monoisotopic (exact) mass is 212 g/mol. The summed E-state index contributed by atoms with van der Waals surface area (Å²) >= 11 is 3.39. The standard InChI is InChI=1S/C9H9BrO/c1-6-4-9(10)7(2)3-8(6)5-11/h3-5H,1-2H3. The molecule has 1 nitrogen and oxygen atoms in total. The molecule has 0 spiro atoms. The second-order valence-electron chi connectivity index (χ2n) is 2.58. The number of carbonyl (C=O) groups excluding carboxylic acids is 1. The molecule has 0 aliphatic rings. The minimum atomic E-state index is 0.769. The number of hydrogen-bond acceptors (Lipinski definition) is 1. The van der Waals surface area contributed by atoms with Crippen molar-refractivity contribution in [3.8, 4) is 0 Å². The Balaban J connectivity index is 3.31. The van der Waals surface area contributed by atoms with Gasteiger partial charge in [-0.25, -0.2) is 0 Å². The van der Waals surface area contributed by atoms with Crippen molar-refractivity contribution in [2.24, 2.45) is 0 Å². The molecule has 0 atom stereocenters. The summed E-state index contributed by atoms with van der Waals surface area (Å²) in [7, 11) is 0. The first-order valence-electron chi connectivity index (χ1n) is 3.37. The average Bonchev–Trinajstić information content (AvgIpc) is 1.97. The fraction of sp³-hybridized carbons (Fsp3) is 0.222. The van der Waals surface area contributed by atoms with E-state index in [9.17, 15) is 4.79 Å². The van der Waals surface area contributed by atoms with Gasteiger partial charge >= 0.3 is 0 Å². The molecule has 0 saturated carbocycles. The summed E-state index contributed by atoms with van der Waals surface area (Å²) in [6.45, 7) is 3.89. The summed E-state index contributed by atoms with van der Waals surface area (Å²) in [6.07, 6.45) is 0.884. The first-order valence-corrected chi connectivity index (χ1v) is 4.16. The van der Waals surface area contributed by atoms with Gasteiger partial charge in [-0.1, -0.05) is 15.9 Å². The third-order valence-electron chi connectivity index (χ3n) is 1.67. The second-order valence-corrected chi connectivity index (χ2v) is 3.43. The average molecular weight is 213 g/mol. The second kappa shape index (κ2) is 3.18. The Morgan fingerprint density at radius 3 is 2.45 bits per heavy atom. The molecule has 0 bridgehead atoms. The van der Waals surface area contributed by atoms with Crippen molar-refractivity contribution < 1.29 is 4.79 Å². The van der Waals surface area contributed by atoms with Crippen molar-refractivity contribution in [3.63, 3.8) is 0 Å². The quantitative estimate of drug-likeness (QED) is 0.655. The molecule has 0 radical (unpaired) electrons. The van der Waals surface area contributed by atoms with E-state index in [1.54, 1.807) is 0 Å². The van der Waals surface area contributed by atoms with Gasteiger partial charge in [0, 0.05) is 10.0 Å². The van der Waals surface area contributed by atoms with Crippen LogP contribution in [-0.2, 0) is 0 Å². The summed E-state index contributed by atoms with van der Waals surface area (Å²) in [4.78, 5) is 10.5. The number of rotatable bonds is 1. The van der Waals surface area contributed by atoms with Gasteiger partial charge < -0.3 is 0 Å². The molecule has 0 aliphatic carbocycles. The van der Waals surface area contributed by atoms with Crippen LogP contribution in [0.5, 0.6) is 0 Å². The highest BCUT2D eigenvalue weighted by Crippen LogP contribution is 2.19. The van der Waals surface area contributed by atoms with Crippen LogP contribution in [0.4, 0.5) is 0 Å².